The van der Waals surface area contributed by atoms with E-state index in [1.165, 1.54) is 0 Å². The highest BCUT2D eigenvalue weighted by atomic mass is 16.4. The van der Waals surface area contributed by atoms with Crippen LogP contribution >= 0.6 is 0 Å². The molecule has 3 aromatic carbocycles. The summed E-state index contributed by atoms with van der Waals surface area (Å²) in [5.74, 6) is -1.10. The third-order valence-corrected chi connectivity index (χ3v) is 5.04. The van der Waals surface area contributed by atoms with Crippen LogP contribution in [-0.2, 0) is 11.3 Å². The Hall–Kier alpha value is -3.98. The topological polar surface area (TPSA) is 102 Å². The second-order valence-corrected chi connectivity index (χ2v) is 6.48. The van der Waals surface area contributed by atoms with Crippen molar-refractivity contribution in [2.75, 3.05) is 0 Å². The summed E-state index contributed by atoms with van der Waals surface area (Å²) in [4.78, 5) is 14.8. The average Bonchev–Trinajstić information content (AvgIpc) is 3.19. The number of para-hydroxylation sites is 2. The highest BCUT2D eigenvalue weighted by molar-refractivity contribution is 6.26. The molecule has 2 aromatic heterocycles. The van der Waals surface area contributed by atoms with Crippen LogP contribution in [0.1, 0.15) is 5.56 Å². The Morgan fingerprint density at radius 3 is 2.52 bits per heavy atom. The number of carboxylic acids is 1. The molecule has 5 aromatic rings. The summed E-state index contributed by atoms with van der Waals surface area (Å²) in [7, 11) is 0. The number of fused-ring (bicyclic) bond motifs is 7. The van der Waals surface area contributed by atoms with E-state index in [0.717, 1.165) is 10.9 Å². The Balaban J connectivity index is 2.16. The Morgan fingerprint density at radius 1 is 1.07 bits per heavy atom. The SMILES string of the molecule is N#Cc1c(O)c2c3ccccc3n(CC(=O)O)c2c2[nH]c3ccccc3c12. The van der Waals surface area contributed by atoms with Crippen molar-refractivity contribution in [3.63, 3.8) is 0 Å². The first-order chi connectivity index (χ1) is 13.1. The van der Waals surface area contributed by atoms with Crippen LogP contribution in [0.2, 0.25) is 0 Å². The number of hydrogen-bond donors (Lipinski definition) is 3. The number of H-pyrrole nitrogens is 1. The molecule has 0 spiro atoms. The van der Waals surface area contributed by atoms with E-state index >= 15 is 0 Å². The van der Waals surface area contributed by atoms with Crippen LogP contribution in [0.25, 0.3) is 43.6 Å². The highest BCUT2D eigenvalue weighted by Gasteiger charge is 2.24. The summed E-state index contributed by atoms with van der Waals surface area (Å²) in [6.07, 6.45) is 0. The van der Waals surface area contributed by atoms with Crippen molar-refractivity contribution in [1.29, 1.82) is 5.26 Å². The minimum Gasteiger partial charge on any atom is -0.506 e. The van der Waals surface area contributed by atoms with E-state index in [2.05, 4.69) is 11.1 Å². The second kappa shape index (κ2) is 5.26. The average molecular weight is 355 g/mol. The molecule has 130 valence electrons. The van der Waals surface area contributed by atoms with Gasteiger partial charge in [-0.15, -0.1) is 0 Å². The summed E-state index contributed by atoms with van der Waals surface area (Å²) in [6.45, 7) is -0.250. The summed E-state index contributed by atoms with van der Waals surface area (Å²) >= 11 is 0. The van der Waals surface area contributed by atoms with E-state index in [1.54, 1.807) is 4.57 Å². The van der Waals surface area contributed by atoms with Gasteiger partial charge in [0.2, 0.25) is 0 Å². The standard InChI is InChI=1S/C21H13N3O3/c22-9-13-17-11-5-1-3-7-14(11)23-19(17)20-18(21(13)27)12-6-2-4-8-15(12)24(20)10-16(25)26/h1-8,23,27H,10H2,(H,25,26). The van der Waals surface area contributed by atoms with Gasteiger partial charge in [-0.05, 0) is 12.1 Å². The van der Waals surface area contributed by atoms with Gasteiger partial charge in [-0.25, -0.2) is 0 Å². The molecule has 0 amide bonds. The molecule has 0 aliphatic rings. The number of nitriles is 1. The summed E-state index contributed by atoms with van der Waals surface area (Å²) in [6, 6.07) is 16.9. The normalized spacial score (nSPS) is 11.5. The van der Waals surface area contributed by atoms with Crippen LogP contribution in [0.3, 0.4) is 0 Å². The lowest BCUT2D eigenvalue weighted by Crippen LogP contribution is -2.08. The largest absolute Gasteiger partial charge is 0.506 e. The molecular formula is C21H13N3O3. The molecule has 3 N–H and O–H groups in total. The van der Waals surface area contributed by atoms with Gasteiger partial charge in [0, 0.05) is 27.2 Å². The first kappa shape index (κ1) is 15.3. The van der Waals surface area contributed by atoms with E-state index in [-0.39, 0.29) is 17.9 Å². The van der Waals surface area contributed by atoms with Crippen molar-refractivity contribution in [2.24, 2.45) is 0 Å². The molecule has 0 radical (unpaired) electrons. The molecule has 0 fully saturated rings. The Bertz CT molecular complexity index is 1450. The van der Waals surface area contributed by atoms with Gasteiger partial charge in [0.05, 0.1) is 16.4 Å². The quantitative estimate of drug-likeness (QED) is 0.444. The number of benzene rings is 3. The molecular weight excluding hydrogens is 342 g/mol. The van der Waals surface area contributed by atoms with Gasteiger partial charge >= 0.3 is 5.97 Å². The van der Waals surface area contributed by atoms with Crippen molar-refractivity contribution in [3.05, 3.63) is 54.1 Å². The Kier molecular flexibility index (Phi) is 2.98. The van der Waals surface area contributed by atoms with Gasteiger partial charge in [-0.1, -0.05) is 36.4 Å². The number of aromatic amines is 1. The third kappa shape index (κ3) is 1.91. The van der Waals surface area contributed by atoms with E-state index in [4.69, 9.17) is 0 Å². The Morgan fingerprint density at radius 2 is 1.78 bits per heavy atom. The fraction of sp³-hybridized carbons (Fsp3) is 0.0476. The molecule has 0 atom stereocenters. The molecule has 0 bridgehead atoms. The van der Waals surface area contributed by atoms with Crippen molar-refractivity contribution in [2.45, 2.75) is 6.54 Å². The van der Waals surface area contributed by atoms with Crippen LogP contribution in [0.4, 0.5) is 0 Å². The van der Waals surface area contributed by atoms with Gasteiger partial charge in [0.15, 0.2) is 0 Å². The summed E-state index contributed by atoms with van der Waals surface area (Å²) in [5, 5.41) is 32.8. The summed E-state index contributed by atoms with van der Waals surface area (Å²) in [5.41, 5.74) is 2.94. The number of aromatic nitrogens is 2. The van der Waals surface area contributed by atoms with Crippen LogP contribution in [-0.4, -0.2) is 25.7 Å². The highest BCUT2D eigenvalue weighted by Crippen LogP contribution is 2.44. The van der Waals surface area contributed by atoms with Crippen molar-refractivity contribution in [3.8, 4) is 11.8 Å². The minimum absolute atomic E-state index is 0.120. The lowest BCUT2D eigenvalue weighted by molar-refractivity contribution is -0.137. The maximum absolute atomic E-state index is 11.5. The molecule has 2 heterocycles. The molecule has 0 aliphatic carbocycles. The number of aliphatic carboxylic acids is 1. The van der Waals surface area contributed by atoms with E-state index in [9.17, 15) is 20.3 Å². The number of phenols is 1. The second-order valence-electron chi connectivity index (χ2n) is 6.48. The molecule has 27 heavy (non-hydrogen) atoms. The number of carboxylic acid groups (broad SMARTS) is 1. The lowest BCUT2D eigenvalue weighted by Gasteiger charge is -2.07. The predicted octanol–water partition coefficient (Wildman–Crippen LogP) is 4.09. The number of phenolic OH excluding ortho intramolecular Hbond substituents is 1. The van der Waals surface area contributed by atoms with Gasteiger partial charge in [-0.3, -0.25) is 4.79 Å². The lowest BCUT2D eigenvalue weighted by atomic mass is 10.0. The van der Waals surface area contributed by atoms with Crippen molar-refractivity contribution in [1.82, 2.24) is 9.55 Å². The number of rotatable bonds is 2. The first-order valence-electron chi connectivity index (χ1n) is 8.40. The van der Waals surface area contributed by atoms with E-state index in [1.807, 2.05) is 48.5 Å². The molecule has 6 nitrogen and oxygen atoms in total. The fourth-order valence-electron chi connectivity index (χ4n) is 4.03. The van der Waals surface area contributed by atoms with E-state index in [0.29, 0.717) is 32.7 Å². The molecule has 0 unspecified atom stereocenters. The molecule has 5 rings (SSSR count). The van der Waals surface area contributed by atoms with Crippen LogP contribution in [0, 0.1) is 11.3 Å². The maximum Gasteiger partial charge on any atom is 0.323 e. The maximum atomic E-state index is 11.5. The molecule has 0 saturated carbocycles. The van der Waals surface area contributed by atoms with Gasteiger partial charge in [-0.2, -0.15) is 5.26 Å². The zero-order valence-corrected chi connectivity index (χ0v) is 14.0. The fourth-order valence-corrected chi connectivity index (χ4v) is 4.03. The van der Waals surface area contributed by atoms with Crippen molar-refractivity contribution < 1.29 is 15.0 Å². The number of carbonyl (C=O) groups is 1. The Labute approximate surface area is 152 Å². The minimum atomic E-state index is -0.981. The van der Waals surface area contributed by atoms with Gasteiger partial charge < -0.3 is 19.8 Å². The number of aromatic hydroxyl groups is 1. The number of nitrogens with zero attached hydrogens (tertiary/aromatic N) is 2. The predicted molar refractivity (Wildman–Crippen MR) is 103 cm³/mol. The first-order valence-corrected chi connectivity index (χ1v) is 8.40. The smallest absolute Gasteiger partial charge is 0.323 e. The van der Waals surface area contributed by atoms with Gasteiger partial charge in [0.1, 0.15) is 23.9 Å². The number of hydrogen-bond acceptors (Lipinski definition) is 3. The summed E-state index contributed by atoms with van der Waals surface area (Å²) < 4.78 is 1.67. The van der Waals surface area contributed by atoms with Crippen LogP contribution in [0.5, 0.6) is 5.75 Å². The van der Waals surface area contributed by atoms with Crippen molar-refractivity contribution >= 4 is 49.6 Å². The molecule has 0 saturated heterocycles. The number of nitrogens with one attached hydrogen (secondary N) is 1. The van der Waals surface area contributed by atoms with Gasteiger partial charge in [0.25, 0.3) is 0 Å². The monoisotopic (exact) mass is 355 g/mol. The van der Waals surface area contributed by atoms with Crippen LogP contribution < -0.4 is 0 Å². The van der Waals surface area contributed by atoms with E-state index < -0.39 is 5.97 Å². The zero-order valence-electron chi connectivity index (χ0n) is 14.0. The zero-order chi connectivity index (χ0) is 18.7. The molecule has 6 heteroatoms. The third-order valence-electron chi connectivity index (χ3n) is 5.04. The van der Waals surface area contributed by atoms with Crippen LogP contribution in [0.15, 0.2) is 48.5 Å². The molecule has 0 aliphatic heterocycles.